The van der Waals surface area contributed by atoms with Gasteiger partial charge in [0.15, 0.2) is 0 Å². The van der Waals surface area contributed by atoms with Crippen LogP contribution in [0.15, 0.2) is 0 Å². The molecule has 0 atom stereocenters. The fourth-order valence-corrected chi connectivity index (χ4v) is 0. The van der Waals surface area contributed by atoms with Gasteiger partial charge in [0.05, 0.1) is 0 Å². The first kappa shape index (κ1) is 15.7. The van der Waals surface area contributed by atoms with Crippen molar-refractivity contribution >= 4 is 12.4 Å². The van der Waals surface area contributed by atoms with E-state index in [1.807, 2.05) is 0 Å². The van der Waals surface area contributed by atoms with Gasteiger partial charge in [-0.25, -0.2) is 0 Å². The first-order valence-electron chi connectivity index (χ1n) is 0.698. The van der Waals surface area contributed by atoms with Crippen LogP contribution < -0.4 is 0 Å². The van der Waals surface area contributed by atoms with E-state index in [2.05, 4.69) is 0 Å². The SMILES string of the molecule is Cl.[O]=[Cr](=[O])([OH])[OH].[Zn]. The van der Waals surface area contributed by atoms with Crippen LogP contribution in [0.3, 0.4) is 0 Å². The fourth-order valence-electron chi connectivity index (χ4n) is 0. The van der Waals surface area contributed by atoms with Gasteiger partial charge in [0.1, 0.15) is 0 Å². The van der Waals surface area contributed by atoms with Crippen molar-refractivity contribution in [3.63, 3.8) is 0 Å². The Balaban J connectivity index is -0.0000000800. The second-order valence-electron chi connectivity index (χ2n) is 0.448. The van der Waals surface area contributed by atoms with Gasteiger partial charge in [0.2, 0.25) is 0 Å². The Morgan fingerprint density at radius 2 is 1.14 bits per heavy atom. The summed E-state index contributed by atoms with van der Waals surface area (Å²) >= 11 is -5.25. The van der Waals surface area contributed by atoms with E-state index >= 15 is 0 Å². The van der Waals surface area contributed by atoms with E-state index in [0.29, 0.717) is 0 Å². The quantitative estimate of drug-likeness (QED) is 0.517. The third-order valence-electron chi connectivity index (χ3n) is 0. The Bertz CT molecular complexity index is 94.9. The molecule has 2 N–H and O–H groups in total. The van der Waals surface area contributed by atoms with E-state index in [-0.39, 0.29) is 31.9 Å². The van der Waals surface area contributed by atoms with Gasteiger partial charge >= 0.3 is 29.5 Å². The van der Waals surface area contributed by atoms with Gasteiger partial charge in [-0.3, -0.25) is 0 Å². The molecular formula is H3ClCrO4Zn. The van der Waals surface area contributed by atoms with Gasteiger partial charge in [-0.15, -0.1) is 12.4 Å². The molecule has 0 aromatic rings. The normalized spacial score (nSPS) is 8.29. The molecular weight excluding hydrogens is 217 g/mol. The van der Waals surface area contributed by atoms with E-state index in [4.69, 9.17) is 15.9 Å². The first-order valence-corrected chi connectivity index (χ1v) is 2.88. The van der Waals surface area contributed by atoms with Crippen molar-refractivity contribution in [3.8, 4) is 0 Å². The molecule has 0 fully saturated rings. The van der Waals surface area contributed by atoms with Crippen LogP contribution in [0.25, 0.3) is 0 Å². The fraction of sp³-hybridized carbons (Fsp3) is 0. The summed E-state index contributed by atoms with van der Waals surface area (Å²) < 4.78 is 31.9. The zero-order valence-electron chi connectivity index (χ0n) is 3.23. The molecule has 0 saturated heterocycles. The minimum Gasteiger partial charge on any atom is 0 e. The minimum atomic E-state index is -5.25. The van der Waals surface area contributed by atoms with E-state index < -0.39 is 13.6 Å². The molecule has 0 aliphatic rings. The molecule has 0 aliphatic carbocycles. The molecule has 0 heterocycles. The molecule has 0 unspecified atom stereocenters. The van der Waals surface area contributed by atoms with Crippen molar-refractivity contribution in [3.05, 3.63) is 0 Å². The van der Waals surface area contributed by atoms with Crippen LogP contribution in [0.4, 0.5) is 0 Å². The van der Waals surface area contributed by atoms with Crippen LogP contribution in [0.5, 0.6) is 0 Å². The van der Waals surface area contributed by atoms with Gasteiger partial charge in [-0.2, -0.15) is 0 Å². The Morgan fingerprint density at radius 1 is 1.14 bits per heavy atom. The second-order valence-corrected chi connectivity index (χ2v) is 1.85. The van der Waals surface area contributed by atoms with E-state index in [0.717, 1.165) is 0 Å². The van der Waals surface area contributed by atoms with Crippen molar-refractivity contribution in [2.45, 2.75) is 0 Å². The van der Waals surface area contributed by atoms with E-state index in [9.17, 15) is 0 Å². The molecule has 42 valence electrons. The summed E-state index contributed by atoms with van der Waals surface area (Å²) in [4.78, 5) is 0. The zero-order valence-corrected chi connectivity index (χ0v) is 8.29. The van der Waals surface area contributed by atoms with Crippen molar-refractivity contribution < 1.29 is 49.0 Å². The summed E-state index contributed by atoms with van der Waals surface area (Å²) in [7, 11) is 0. The summed E-state index contributed by atoms with van der Waals surface area (Å²) in [6.45, 7) is 0. The van der Waals surface area contributed by atoms with Gasteiger partial charge in [-0.1, -0.05) is 0 Å². The number of rotatable bonds is 0. The topological polar surface area (TPSA) is 74.6 Å². The molecule has 7 heteroatoms. The summed E-state index contributed by atoms with van der Waals surface area (Å²) in [6.07, 6.45) is 0. The van der Waals surface area contributed by atoms with Crippen LogP contribution in [-0.2, 0) is 40.7 Å². The molecule has 0 aliphatic heterocycles. The van der Waals surface area contributed by atoms with E-state index in [1.54, 1.807) is 0 Å². The van der Waals surface area contributed by atoms with Crippen molar-refractivity contribution in [1.29, 1.82) is 0 Å². The van der Waals surface area contributed by atoms with Gasteiger partial charge in [0, 0.05) is 19.5 Å². The molecule has 0 rings (SSSR count). The first-order chi connectivity index (χ1) is 2.00. The third kappa shape index (κ3) is 184. The van der Waals surface area contributed by atoms with Crippen molar-refractivity contribution in [1.82, 2.24) is 0 Å². The van der Waals surface area contributed by atoms with E-state index in [1.165, 1.54) is 0 Å². The Kier molecular flexibility index (Phi) is 11.4. The maximum absolute atomic E-state index is 8.82. The average molecular weight is 220 g/mol. The summed E-state index contributed by atoms with van der Waals surface area (Å²) in [6, 6.07) is 0. The van der Waals surface area contributed by atoms with Crippen LogP contribution in [0.2, 0.25) is 0 Å². The molecule has 0 aromatic heterocycles. The average Bonchev–Trinajstić information content (AvgIpc) is 0.722. The van der Waals surface area contributed by atoms with Crippen LogP contribution >= 0.6 is 12.4 Å². The Labute approximate surface area is 61.5 Å². The third-order valence-corrected chi connectivity index (χ3v) is 0. The van der Waals surface area contributed by atoms with Crippen LogP contribution in [0, 0.1) is 0 Å². The smallest absolute Gasteiger partial charge is 0 e. The molecule has 0 radical (unpaired) electrons. The van der Waals surface area contributed by atoms with Crippen LogP contribution in [-0.4, -0.2) is 8.32 Å². The number of halogens is 1. The Morgan fingerprint density at radius 3 is 1.14 bits per heavy atom. The molecule has 0 aromatic carbocycles. The van der Waals surface area contributed by atoms with Crippen molar-refractivity contribution in [2.75, 3.05) is 0 Å². The summed E-state index contributed by atoms with van der Waals surface area (Å²) in [5.74, 6) is 0. The Hall–Kier alpha value is 0.966. The molecule has 0 bridgehead atoms. The van der Waals surface area contributed by atoms with Crippen molar-refractivity contribution in [2.24, 2.45) is 0 Å². The predicted molar refractivity (Wildman–Crippen MR) is 13.1 cm³/mol. The minimum absolute atomic E-state index is 0. The molecule has 7 heavy (non-hydrogen) atoms. The zero-order chi connectivity index (χ0) is 4.50. The summed E-state index contributed by atoms with van der Waals surface area (Å²) in [5, 5.41) is 0. The standard InChI is InChI=1S/ClH.Cr.2H2O.2O.Zn/h1H;;2*1H2;;;/q;+2;;;;;/p-2. The number of hydrogen-bond acceptors (Lipinski definition) is 2. The van der Waals surface area contributed by atoms with Gasteiger partial charge < -0.3 is 0 Å². The maximum atomic E-state index is 8.82. The van der Waals surface area contributed by atoms with Gasteiger partial charge in [-0.05, 0) is 0 Å². The molecule has 0 spiro atoms. The number of hydrogen-bond donors (Lipinski definition) is 2. The summed E-state index contributed by atoms with van der Waals surface area (Å²) in [5.41, 5.74) is 0. The molecule has 0 saturated carbocycles. The van der Waals surface area contributed by atoms with Crippen LogP contribution in [0.1, 0.15) is 0 Å². The maximum Gasteiger partial charge on any atom is 0 e. The molecule has 0 amide bonds. The van der Waals surface area contributed by atoms with Gasteiger partial charge in [0.25, 0.3) is 0 Å². The predicted octanol–water partition coefficient (Wildman–Crippen LogP) is -0.935. The molecule has 4 nitrogen and oxygen atoms in total. The monoisotopic (exact) mass is 218 g/mol. The second kappa shape index (κ2) is 5.11. The largest absolute Gasteiger partial charge is 0 e.